The smallest absolute Gasteiger partial charge is 0.106 e. The number of hydrogen-bond donors (Lipinski definition) is 1. The number of hydrogen-bond acceptors (Lipinski definition) is 2. The molecule has 0 aromatic carbocycles. The fourth-order valence-electron chi connectivity index (χ4n) is 2.18. The zero-order valence-electron chi connectivity index (χ0n) is 9.64. The summed E-state index contributed by atoms with van der Waals surface area (Å²) in [5.41, 5.74) is 8.72. The van der Waals surface area contributed by atoms with Gasteiger partial charge in [0.1, 0.15) is 5.84 Å². The molecule has 0 saturated heterocycles. The maximum absolute atomic E-state index is 5.94. The molecule has 0 aromatic rings. The van der Waals surface area contributed by atoms with Gasteiger partial charge < -0.3 is 5.73 Å². The maximum Gasteiger partial charge on any atom is 0.106 e. The topological polar surface area (TPSA) is 38.4 Å². The number of nitrogens with zero attached hydrogens (tertiary/aromatic N) is 1. The lowest BCUT2D eigenvalue weighted by Gasteiger charge is -2.12. The van der Waals surface area contributed by atoms with Crippen LogP contribution in [0.5, 0.6) is 0 Å². The van der Waals surface area contributed by atoms with E-state index in [9.17, 15) is 0 Å². The largest absolute Gasteiger partial charge is 0.387 e. The highest BCUT2D eigenvalue weighted by Crippen LogP contribution is 2.32. The molecule has 1 atom stereocenters. The Kier molecular flexibility index (Phi) is 4.18. The highest BCUT2D eigenvalue weighted by atomic mass is 14.9. The van der Waals surface area contributed by atoms with Crippen LogP contribution in [-0.2, 0) is 0 Å². The molecule has 0 bridgehead atoms. The summed E-state index contributed by atoms with van der Waals surface area (Å²) in [6.07, 6.45) is 5.71. The molecule has 0 saturated carbocycles. The first-order valence-corrected chi connectivity index (χ1v) is 5.80. The van der Waals surface area contributed by atoms with Crippen molar-refractivity contribution in [2.45, 2.75) is 52.9 Å². The van der Waals surface area contributed by atoms with Gasteiger partial charge >= 0.3 is 0 Å². The monoisotopic (exact) mass is 194 g/mol. The molecule has 2 N–H and O–H groups in total. The van der Waals surface area contributed by atoms with Crippen LogP contribution in [0.25, 0.3) is 0 Å². The van der Waals surface area contributed by atoms with Gasteiger partial charge in [-0.2, -0.15) is 0 Å². The molecule has 2 nitrogen and oxygen atoms in total. The second-order valence-electron chi connectivity index (χ2n) is 3.97. The van der Waals surface area contributed by atoms with E-state index in [0.29, 0.717) is 5.92 Å². The number of amidine groups is 1. The van der Waals surface area contributed by atoms with Crippen molar-refractivity contribution in [2.24, 2.45) is 16.6 Å². The standard InChI is InChI=1S/C12H22N2/c1-4-7-10-9(6-3)12(13)14-11(10)8-5-2/h9H,4-8H2,1-3H3,(H2,13,14). The molecule has 0 radical (unpaired) electrons. The van der Waals surface area contributed by atoms with Crippen molar-refractivity contribution < 1.29 is 0 Å². The van der Waals surface area contributed by atoms with E-state index >= 15 is 0 Å². The zero-order valence-corrected chi connectivity index (χ0v) is 9.64. The molecule has 1 aliphatic heterocycles. The second-order valence-corrected chi connectivity index (χ2v) is 3.97. The van der Waals surface area contributed by atoms with Gasteiger partial charge in [0.05, 0.1) is 0 Å². The quantitative estimate of drug-likeness (QED) is 0.717. The molecule has 1 aliphatic rings. The third-order valence-corrected chi connectivity index (χ3v) is 2.83. The van der Waals surface area contributed by atoms with Crippen LogP contribution >= 0.6 is 0 Å². The molecule has 0 fully saturated rings. The number of rotatable bonds is 5. The Hall–Kier alpha value is -0.790. The number of aliphatic imine (C=N–C) groups is 1. The Bertz CT molecular complexity index is 251. The molecule has 0 amide bonds. The lowest BCUT2D eigenvalue weighted by atomic mass is 9.92. The number of nitrogens with two attached hydrogens (primary N) is 1. The molecule has 1 rings (SSSR count). The van der Waals surface area contributed by atoms with E-state index in [1.165, 1.54) is 17.7 Å². The molecule has 0 spiro atoms. The average Bonchev–Trinajstić information content (AvgIpc) is 2.44. The first kappa shape index (κ1) is 11.3. The van der Waals surface area contributed by atoms with Crippen molar-refractivity contribution in [2.75, 3.05) is 0 Å². The third-order valence-electron chi connectivity index (χ3n) is 2.83. The summed E-state index contributed by atoms with van der Waals surface area (Å²) in [5.74, 6) is 1.29. The maximum atomic E-state index is 5.94. The highest BCUT2D eigenvalue weighted by molar-refractivity contribution is 5.89. The predicted molar refractivity (Wildman–Crippen MR) is 62.2 cm³/mol. The predicted octanol–water partition coefficient (Wildman–Crippen LogP) is 3.24. The fraction of sp³-hybridized carbons (Fsp3) is 0.750. The summed E-state index contributed by atoms with van der Waals surface area (Å²) in [6.45, 7) is 6.61. The normalized spacial score (nSPS) is 21.6. The third kappa shape index (κ3) is 2.17. The zero-order chi connectivity index (χ0) is 10.6. The summed E-state index contributed by atoms with van der Waals surface area (Å²) in [7, 11) is 0. The van der Waals surface area contributed by atoms with Gasteiger partial charge in [0.15, 0.2) is 0 Å². The second kappa shape index (κ2) is 5.18. The van der Waals surface area contributed by atoms with Crippen molar-refractivity contribution in [1.82, 2.24) is 0 Å². The molecule has 14 heavy (non-hydrogen) atoms. The first-order valence-electron chi connectivity index (χ1n) is 5.80. The Morgan fingerprint density at radius 2 is 1.79 bits per heavy atom. The van der Waals surface area contributed by atoms with Gasteiger partial charge in [-0.05, 0) is 24.8 Å². The van der Waals surface area contributed by atoms with Crippen molar-refractivity contribution >= 4 is 5.84 Å². The number of allylic oxidation sites excluding steroid dienone is 1. The van der Waals surface area contributed by atoms with Gasteiger partial charge in [0, 0.05) is 11.6 Å². The van der Waals surface area contributed by atoms with Gasteiger partial charge in [0.25, 0.3) is 0 Å². The van der Waals surface area contributed by atoms with Crippen LogP contribution in [0.3, 0.4) is 0 Å². The Labute approximate surface area is 87.3 Å². The van der Waals surface area contributed by atoms with Crippen LogP contribution in [0, 0.1) is 5.92 Å². The van der Waals surface area contributed by atoms with E-state index in [0.717, 1.165) is 31.5 Å². The van der Waals surface area contributed by atoms with Crippen LogP contribution in [0.15, 0.2) is 16.3 Å². The van der Waals surface area contributed by atoms with Crippen LogP contribution in [-0.4, -0.2) is 5.84 Å². The Balaban J connectivity index is 2.83. The average molecular weight is 194 g/mol. The molecular formula is C12H22N2. The summed E-state index contributed by atoms with van der Waals surface area (Å²) < 4.78 is 0. The molecule has 2 heteroatoms. The van der Waals surface area contributed by atoms with Crippen LogP contribution in [0.1, 0.15) is 52.9 Å². The minimum Gasteiger partial charge on any atom is -0.387 e. The van der Waals surface area contributed by atoms with Crippen LogP contribution in [0.4, 0.5) is 0 Å². The lowest BCUT2D eigenvalue weighted by Crippen LogP contribution is -2.21. The van der Waals surface area contributed by atoms with E-state index in [-0.39, 0.29) is 0 Å². The Morgan fingerprint density at radius 3 is 2.29 bits per heavy atom. The lowest BCUT2D eigenvalue weighted by molar-refractivity contribution is 0.703. The van der Waals surface area contributed by atoms with Gasteiger partial charge in [-0.15, -0.1) is 0 Å². The van der Waals surface area contributed by atoms with E-state index in [4.69, 9.17) is 5.73 Å². The van der Waals surface area contributed by atoms with E-state index < -0.39 is 0 Å². The van der Waals surface area contributed by atoms with Crippen molar-refractivity contribution in [1.29, 1.82) is 0 Å². The van der Waals surface area contributed by atoms with Crippen molar-refractivity contribution in [3.05, 3.63) is 11.3 Å². The van der Waals surface area contributed by atoms with Crippen molar-refractivity contribution in [3.8, 4) is 0 Å². The van der Waals surface area contributed by atoms with Gasteiger partial charge in [-0.1, -0.05) is 33.6 Å². The summed E-state index contributed by atoms with van der Waals surface area (Å²) in [5, 5.41) is 0. The summed E-state index contributed by atoms with van der Waals surface area (Å²) in [4.78, 5) is 4.50. The minimum absolute atomic E-state index is 0.441. The van der Waals surface area contributed by atoms with Crippen molar-refractivity contribution in [3.63, 3.8) is 0 Å². The molecule has 0 aromatic heterocycles. The van der Waals surface area contributed by atoms with E-state index in [1.54, 1.807) is 0 Å². The van der Waals surface area contributed by atoms with E-state index in [1.807, 2.05) is 0 Å². The minimum atomic E-state index is 0.441. The van der Waals surface area contributed by atoms with Gasteiger partial charge in [-0.25, -0.2) is 4.99 Å². The van der Waals surface area contributed by atoms with Crippen LogP contribution < -0.4 is 5.73 Å². The van der Waals surface area contributed by atoms with E-state index in [2.05, 4.69) is 25.8 Å². The van der Waals surface area contributed by atoms with Gasteiger partial charge in [-0.3, -0.25) is 0 Å². The molecule has 0 aliphatic carbocycles. The molecule has 1 heterocycles. The van der Waals surface area contributed by atoms with Gasteiger partial charge in [0.2, 0.25) is 0 Å². The first-order chi connectivity index (χ1) is 6.74. The molecular weight excluding hydrogens is 172 g/mol. The molecule has 1 unspecified atom stereocenters. The SMILES string of the molecule is CCCC1=C(CCC)C(CC)C(N)=N1. The fourth-order valence-corrected chi connectivity index (χ4v) is 2.18. The highest BCUT2D eigenvalue weighted by Gasteiger charge is 2.24. The van der Waals surface area contributed by atoms with Crippen LogP contribution in [0.2, 0.25) is 0 Å². The Morgan fingerprint density at radius 1 is 1.14 bits per heavy atom. The summed E-state index contributed by atoms with van der Waals surface area (Å²) >= 11 is 0. The molecule has 80 valence electrons. The summed E-state index contributed by atoms with van der Waals surface area (Å²) in [6, 6.07) is 0.